The van der Waals surface area contributed by atoms with Crippen molar-refractivity contribution < 1.29 is 4.39 Å². The van der Waals surface area contributed by atoms with E-state index >= 15 is 0 Å². The molecule has 6 heteroatoms. The maximum Gasteiger partial charge on any atom is 0.203 e. The number of anilines is 1. The van der Waals surface area contributed by atoms with Crippen LogP contribution in [0.2, 0.25) is 0 Å². The van der Waals surface area contributed by atoms with Crippen molar-refractivity contribution in [2.75, 3.05) is 5.32 Å². The van der Waals surface area contributed by atoms with E-state index in [4.69, 9.17) is 0 Å². The summed E-state index contributed by atoms with van der Waals surface area (Å²) in [6.45, 7) is 2.25. The molecule has 2 heterocycles. The molecule has 0 radical (unpaired) electrons. The van der Waals surface area contributed by atoms with E-state index in [1.807, 2.05) is 16.7 Å². The molecule has 2 aromatic heterocycles. The molecule has 1 saturated carbocycles. The van der Waals surface area contributed by atoms with Gasteiger partial charge in [0.1, 0.15) is 11.6 Å². The third-order valence-corrected chi connectivity index (χ3v) is 3.99. The monoisotopic (exact) mass is 297 g/mol. The molecule has 5 nitrogen and oxygen atoms in total. The summed E-state index contributed by atoms with van der Waals surface area (Å²) >= 11 is 0. The number of nitrogens with zero attached hydrogens (tertiary/aromatic N) is 4. The first kappa shape index (κ1) is 13.2. The molecule has 1 aliphatic carbocycles. The third-order valence-electron chi connectivity index (χ3n) is 3.99. The lowest BCUT2D eigenvalue weighted by molar-refractivity contribution is 0.616. The van der Waals surface area contributed by atoms with Gasteiger partial charge >= 0.3 is 0 Å². The number of halogens is 1. The van der Waals surface area contributed by atoms with Gasteiger partial charge < -0.3 is 5.32 Å². The molecular weight excluding hydrogens is 281 g/mol. The maximum absolute atomic E-state index is 13.6. The second kappa shape index (κ2) is 5.05. The van der Waals surface area contributed by atoms with Crippen LogP contribution in [0.25, 0.3) is 5.65 Å². The number of fused-ring (bicyclic) bond motifs is 1. The zero-order chi connectivity index (χ0) is 15.1. The molecule has 1 aliphatic rings. The van der Waals surface area contributed by atoms with Crippen molar-refractivity contribution in [1.82, 2.24) is 19.6 Å². The predicted molar refractivity (Wildman–Crippen MR) is 81.2 cm³/mol. The zero-order valence-corrected chi connectivity index (χ0v) is 12.3. The van der Waals surface area contributed by atoms with Gasteiger partial charge in [-0.2, -0.15) is 0 Å². The molecule has 0 aliphatic heterocycles. The Labute approximate surface area is 127 Å². The SMILES string of the molecule is Cc1ccc(CNc2nccn3c(C4CC4)nnc23)cc1F. The average Bonchev–Trinajstić information content (AvgIpc) is 3.27. The van der Waals surface area contributed by atoms with Gasteiger partial charge in [-0.3, -0.25) is 4.40 Å². The van der Waals surface area contributed by atoms with E-state index in [0.717, 1.165) is 17.0 Å². The molecule has 22 heavy (non-hydrogen) atoms. The topological polar surface area (TPSA) is 55.1 Å². The number of aryl methyl sites for hydroxylation is 1. The highest BCUT2D eigenvalue weighted by atomic mass is 19.1. The van der Waals surface area contributed by atoms with Crippen LogP contribution in [-0.2, 0) is 6.54 Å². The van der Waals surface area contributed by atoms with E-state index in [2.05, 4.69) is 20.5 Å². The van der Waals surface area contributed by atoms with Crippen LogP contribution in [0.1, 0.15) is 35.7 Å². The summed E-state index contributed by atoms with van der Waals surface area (Å²) in [7, 11) is 0. The lowest BCUT2D eigenvalue weighted by Crippen LogP contribution is -2.04. The van der Waals surface area contributed by atoms with E-state index < -0.39 is 0 Å². The van der Waals surface area contributed by atoms with Gasteiger partial charge in [-0.05, 0) is 37.0 Å². The van der Waals surface area contributed by atoms with Crippen LogP contribution in [-0.4, -0.2) is 19.6 Å². The van der Waals surface area contributed by atoms with E-state index in [1.54, 1.807) is 25.3 Å². The average molecular weight is 297 g/mol. The molecule has 0 saturated heterocycles. The predicted octanol–water partition coefficient (Wildman–Crippen LogP) is 3.06. The van der Waals surface area contributed by atoms with Gasteiger partial charge in [0.05, 0.1) is 0 Å². The zero-order valence-electron chi connectivity index (χ0n) is 12.3. The molecule has 0 atom stereocenters. The van der Waals surface area contributed by atoms with E-state index in [1.165, 1.54) is 12.8 Å². The van der Waals surface area contributed by atoms with Crippen molar-refractivity contribution in [1.29, 1.82) is 0 Å². The quantitative estimate of drug-likeness (QED) is 0.804. The first-order chi connectivity index (χ1) is 10.7. The van der Waals surface area contributed by atoms with Crippen molar-refractivity contribution in [2.45, 2.75) is 32.2 Å². The second-order valence-electron chi connectivity index (χ2n) is 5.74. The van der Waals surface area contributed by atoms with Gasteiger partial charge in [-0.15, -0.1) is 10.2 Å². The fraction of sp³-hybridized carbons (Fsp3) is 0.312. The van der Waals surface area contributed by atoms with Crippen LogP contribution in [0.4, 0.5) is 10.2 Å². The molecule has 0 unspecified atom stereocenters. The molecule has 1 aromatic carbocycles. The molecule has 112 valence electrons. The summed E-state index contributed by atoms with van der Waals surface area (Å²) in [5, 5.41) is 11.7. The molecule has 3 aromatic rings. The Morgan fingerprint density at radius 2 is 2.18 bits per heavy atom. The van der Waals surface area contributed by atoms with E-state index in [-0.39, 0.29) is 5.82 Å². The van der Waals surface area contributed by atoms with Crippen LogP contribution >= 0.6 is 0 Å². The number of hydrogen-bond donors (Lipinski definition) is 1. The largest absolute Gasteiger partial charge is 0.363 e. The standard InChI is InChI=1S/C16H16FN5/c1-10-2-3-11(8-13(10)17)9-19-14-16-21-20-15(12-4-5-12)22(16)7-6-18-14/h2-3,6-8,12H,4-5,9H2,1H3,(H,18,19). The maximum atomic E-state index is 13.6. The van der Waals surface area contributed by atoms with E-state index in [9.17, 15) is 4.39 Å². The highest BCUT2D eigenvalue weighted by molar-refractivity contribution is 5.62. The van der Waals surface area contributed by atoms with Gasteiger partial charge in [-0.25, -0.2) is 9.37 Å². The Morgan fingerprint density at radius 1 is 1.32 bits per heavy atom. The molecule has 0 amide bonds. The van der Waals surface area contributed by atoms with Crippen LogP contribution < -0.4 is 5.32 Å². The fourth-order valence-electron chi connectivity index (χ4n) is 2.52. The fourth-order valence-corrected chi connectivity index (χ4v) is 2.52. The highest BCUT2D eigenvalue weighted by Crippen LogP contribution is 2.39. The highest BCUT2D eigenvalue weighted by Gasteiger charge is 2.29. The Hall–Kier alpha value is -2.50. The summed E-state index contributed by atoms with van der Waals surface area (Å²) in [6.07, 6.45) is 5.98. The lowest BCUT2D eigenvalue weighted by atomic mass is 10.1. The van der Waals surface area contributed by atoms with Crippen LogP contribution in [0.5, 0.6) is 0 Å². The number of benzene rings is 1. The summed E-state index contributed by atoms with van der Waals surface area (Å²) in [5.74, 6) is 2.00. The van der Waals surface area contributed by atoms with Crippen molar-refractivity contribution in [2.24, 2.45) is 0 Å². The molecular formula is C16H16FN5. The van der Waals surface area contributed by atoms with Crippen molar-refractivity contribution in [3.8, 4) is 0 Å². The molecule has 0 bridgehead atoms. The summed E-state index contributed by atoms with van der Waals surface area (Å²) in [5.41, 5.74) is 2.24. The number of aromatic nitrogens is 4. The van der Waals surface area contributed by atoms with Crippen LogP contribution in [0.3, 0.4) is 0 Å². The number of nitrogens with one attached hydrogen (secondary N) is 1. The smallest absolute Gasteiger partial charge is 0.203 e. The lowest BCUT2D eigenvalue weighted by Gasteiger charge is -2.07. The van der Waals surface area contributed by atoms with Crippen LogP contribution in [0, 0.1) is 12.7 Å². The molecule has 1 N–H and O–H groups in total. The summed E-state index contributed by atoms with van der Waals surface area (Å²) in [6, 6.07) is 5.23. The molecule has 0 spiro atoms. The van der Waals surface area contributed by atoms with Crippen molar-refractivity contribution in [3.63, 3.8) is 0 Å². The number of rotatable bonds is 4. The number of hydrogen-bond acceptors (Lipinski definition) is 4. The minimum Gasteiger partial charge on any atom is -0.363 e. The summed E-state index contributed by atoms with van der Waals surface area (Å²) < 4.78 is 15.6. The first-order valence-electron chi connectivity index (χ1n) is 7.41. The first-order valence-corrected chi connectivity index (χ1v) is 7.41. The minimum absolute atomic E-state index is 0.191. The van der Waals surface area contributed by atoms with E-state index in [0.29, 0.717) is 23.8 Å². The van der Waals surface area contributed by atoms with Crippen molar-refractivity contribution in [3.05, 3.63) is 53.4 Å². The summed E-state index contributed by atoms with van der Waals surface area (Å²) in [4.78, 5) is 4.33. The van der Waals surface area contributed by atoms with Crippen LogP contribution in [0.15, 0.2) is 30.6 Å². The van der Waals surface area contributed by atoms with Gasteiger partial charge in [0, 0.05) is 24.9 Å². The van der Waals surface area contributed by atoms with Gasteiger partial charge in [0.2, 0.25) is 5.65 Å². The van der Waals surface area contributed by atoms with Gasteiger partial charge in [-0.1, -0.05) is 12.1 Å². The van der Waals surface area contributed by atoms with Gasteiger partial charge in [0.15, 0.2) is 5.82 Å². The molecule has 1 fully saturated rings. The Morgan fingerprint density at radius 3 is 2.95 bits per heavy atom. The Kier molecular flexibility index (Phi) is 3.03. The molecule has 4 rings (SSSR count). The Balaban J connectivity index is 1.60. The Bertz CT molecular complexity index is 838. The normalized spacial score (nSPS) is 14.5. The second-order valence-corrected chi connectivity index (χ2v) is 5.74. The van der Waals surface area contributed by atoms with Crippen molar-refractivity contribution >= 4 is 11.5 Å². The minimum atomic E-state index is -0.191. The third kappa shape index (κ3) is 2.30. The van der Waals surface area contributed by atoms with Gasteiger partial charge in [0.25, 0.3) is 0 Å².